The number of nitrogens with one attached hydrogen (secondary N) is 1. The van der Waals surface area contributed by atoms with E-state index >= 15 is 0 Å². The summed E-state index contributed by atoms with van der Waals surface area (Å²) in [5, 5.41) is 2.36. The van der Waals surface area contributed by atoms with Crippen molar-refractivity contribution in [2.24, 2.45) is 0 Å². The molecular weight excluding hydrogens is 364 g/mol. The Balaban J connectivity index is 3.39. The van der Waals surface area contributed by atoms with Gasteiger partial charge in [0.15, 0.2) is 5.78 Å². The molecule has 0 aromatic heterocycles. The Hall–Kier alpha value is -2.61. The molecule has 26 heavy (non-hydrogen) atoms. The van der Waals surface area contributed by atoms with Crippen LogP contribution in [0.25, 0.3) is 0 Å². The van der Waals surface area contributed by atoms with Crippen molar-refractivity contribution >= 4 is 40.9 Å². The van der Waals surface area contributed by atoms with E-state index in [4.69, 9.17) is 26.8 Å². The Kier molecular flexibility index (Phi) is 7.57. The van der Waals surface area contributed by atoms with E-state index in [1.54, 1.807) is 0 Å². The zero-order valence-electron chi connectivity index (χ0n) is 14.8. The van der Waals surface area contributed by atoms with E-state index in [9.17, 15) is 19.2 Å². The normalized spacial score (nSPS) is 10.8. The Morgan fingerprint density at radius 2 is 1.65 bits per heavy atom. The quantitative estimate of drug-likeness (QED) is 0.301. The summed E-state index contributed by atoms with van der Waals surface area (Å²) in [6, 6.07) is 4.39. The third kappa shape index (κ3) is 4.72. The van der Waals surface area contributed by atoms with Gasteiger partial charge in [-0.25, -0.2) is 9.59 Å². The van der Waals surface area contributed by atoms with Crippen molar-refractivity contribution in [1.29, 1.82) is 0 Å². The topological polar surface area (TPSA) is 125 Å². The molecule has 0 bridgehead atoms. The number of carbonyl (C=O) groups excluding carboxylic acids is 4. The van der Waals surface area contributed by atoms with Gasteiger partial charge in [-0.3, -0.25) is 9.59 Å². The lowest BCUT2D eigenvalue weighted by Gasteiger charge is -2.29. The van der Waals surface area contributed by atoms with Gasteiger partial charge in [-0.05, 0) is 26.0 Å². The van der Waals surface area contributed by atoms with Crippen LogP contribution in [-0.2, 0) is 23.9 Å². The first-order valence-electron chi connectivity index (χ1n) is 7.90. The van der Waals surface area contributed by atoms with Crippen LogP contribution in [0.15, 0.2) is 18.2 Å². The Morgan fingerprint density at radius 3 is 2.12 bits per heavy atom. The SMILES string of the molecule is CCOC(=O)C(CC(=O)c1cccc(Cl)c1N)(NC(C)=O)C(=O)OCC. The molecule has 0 saturated carbocycles. The molecule has 0 aliphatic heterocycles. The monoisotopic (exact) mass is 384 g/mol. The fourth-order valence-electron chi connectivity index (χ4n) is 2.30. The van der Waals surface area contributed by atoms with E-state index in [1.165, 1.54) is 32.0 Å². The molecule has 0 aliphatic rings. The second-order valence-electron chi connectivity index (χ2n) is 5.33. The molecule has 1 amide bonds. The summed E-state index contributed by atoms with van der Waals surface area (Å²) in [6.45, 7) is 4.03. The molecule has 0 aliphatic carbocycles. The van der Waals surface area contributed by atoms with Crippen LogP contribution in [0.5, 0.6) is 0 Å². The van der Waals surface area contributed by atoms with Crippen molar-refractivity contribution in [2.75, 3.05) is 18.9 Å². The summed E-state index contributed by atoms with van der Waals surface area (Å²) in [4.78, 5) is 49.3. The fraction of sp³-hybridized carbons (Fsp3) is 0.412. The van der Waals surface area contributed by atoms with Crippen LogP contribution < -0.4 is 11.1 Å². The second kappa shape index (κ2) is 9.19. The highest BCUT2D eigenvalue weighted by atomic mass is 35.5. The van der Waals surface area contributed by atoms with Gasteiger partial charge >= 0.3 is 11.9 Å². The van der Waals surface area contributed by atoms with Crippen molar-refractivity contribution in [3.05, 3.63) is 28.8 Å². The molecule has 0 radical (unpaired) electrons. The lowest BCUT2D eigenvalue weighted by molar-refractivity contribution is -0.167. The minimum atomic E-state index is -2.32. The number of Topliss-reactive ketones (excluding diaryl/α,β-unsaturated/α-hetero) is 1. The minimum absolute atomic E-state index is 0.00334. The van der Waals surface area contributed by atoms with Crippen molar-refractivity contribution in [3.63, 3.8) is 0 Å². The van der Waals surface area contributed by atoms with Crippen LogP contribution in [0.1, 0.15) is 37.6 Å². The third-order valence-corrected chi connectivity index (χ3v) is 3.75. The van der Waals surface area contributed by atoms with Crippen LogP contribution >= 0.6 is 11.6 Å². The first kappa shape index (κ1) is 21.4. The summed E-state index contributed by atoms with van der Waals surface area (Å²) in [7, 11) is 0. The zero-order valence-corrected chi connectivity index (χ0v) is 15.5. The van der Waals surface area contributed by atoms with E-state index in [0.29, 0.717) is 0 Å². The third-order valence-electron chi connectivity index (χ3n) is 3.42. The first-order valence-corrected chi connectivity index (χ1v) is 8.27. The lowest BCUT2D eigenvalue weighted by atomic mass is 9.89. The maximum atomic E-state index is 12.7. The van der Waals surface area contributed by atoms with E-state index in [2.05, 4.69) is 5.32 Å². The van der Waals surface area contributed by atoms with Gasteiger partial charge in [0.1, 0.15) is 0 Å². The van der Waals surface area contributed by atoms with Gasteiger partial charge < -0.3 is 20.5 Å². The van der Waals surface area contributed by atoms with E-state index < -0.39 is 35.6 Å². The van der Waals surface area contributed by atoms with Crippen LogP contribution in [0.3, 0.4) is 0 Å². The van der Waals surface area contributed by atoms with Crippen LogP contribution in [0.4, 0.5) is 5.69 Å². The van der Waals surface area contributed by atoms with Crippen LogP contribution in [0.2, 0.25) is 5.02 Å². The van der Waals surface area contributed by atoms with E-state index in [1.807, 2.05) is 0 Å². The van der Waals surface area contributed by atoms with E-state index in [-0.39, 0.29) is 29.5 Å². The average molecular weight is 385 g/mol. The molecule has 0 atom stereocenters. The summed E-state index contributed by atoms with van der Waals surface area (Å²) in [5.74, 6) is -3.58. The number of halogens is 1. The van der Waals surface area contributed by atoms with Gasteiger partial charge in [0.25, 0.3) is 0 Å². The molecule has 0 saturated heterocycles. The highest BCUT2D eigenvalue weighted by molar-refractivity contribution is 6.34. The van der Waals surface area contributed by atoms with Crippen LogP contribution in [0, 0.1) is 0 Å². The number of hydrogen-bond acceptors (Lipinski definition) is 7. The number of esters is 2. The second-order valence-corrected chi connectivity index (χ2v) is 5.74. The Bertz CT molecular complexity index is 701. The number of carbonyl (C=O) groups is 4. The minimum Gasteiger partial charge on any atom is -0.464 e. The van der Waals surface area contributed by atoms with Gasteiger partial charge in [-0.2, -0.15) is 0 Å². The number of amides is 1. The molecule has 8 nitrogen and oxygen atoms in total. The number of rotatable bonds is 8. The number of nitrogen functional groups attached to an aromatic ring is 1. The van der Waals surface area contributed by atoms with Crippen molar-refractivity contribution in [1.82, 2.24) is 5.32 Å². The average Bonchev–Trinajstić information content (AvgIpc) is 2.56. The summed E-state index contributed by atoms with van der Waals surface area (Å²) >= 11 is 5.91. The van der Waals surface area contributed by atoms with E-state index in [0.717, 1.165) is 6.92 Å². The molecule has 1 aromatic carbocycles. The number of para-hydroxylation sites is 1. The van der Waals surface area contributed by atoms with Crippen molar-refractivity contribution < 1.29 is 28.7 Å². The molecule has 1 aromatic rings. The predicted octanol–water partition coefficient (Wildman–Crippen LogP) is 1.50. The molecule has 142 valence electrons. The molecule has 9 heteroatoms. The highest BCUT2D eigenvalue weighted by Crippen LogP contribution is 2.26. The number of benzene rings is 1. The predicted molar refractivity (Wildman–Crippen MR) is 94.6 cm³/mol. The maximum absolute atomic E-state index is 12.7. The molecule has 0 heterocycles. The lowest BCUT2D eigenvalue weighted by Crippen LogP contribution is -2.62. The number of nitrogens with two attached hydrogens (primary N) is 1. The van der Waals surface area contributed by atoms with Crippen molar-refractivity contribution in [2.45, 2.75) is 32.7 Å². The van der Waals surface area contributed by atoms with Gasteiger partial charge in [-0.1, -0.05) is 17.7 Å². The highest BCUT2D eigenvalue weighted by Gasteiger charge is 2.51. The molecular formula is C17H21ClN2O6. The molecule has 0 unspecified atom stereocenters. The number of hydrogen-bond donors (Lipinski definition) is 2. The number of ether oxygens (including phenoxy) is 2. The van der Waals surface area contributed by atoms with Gasteiger partial charge in [-0.15, -0.1) is 0 Å². The van der Waals surface area contributed by atoms with Crippen LogP contribution in [-0.4, -0.2) is 42.4 Å². The number of ketones is 1. The first-order chi connectivity index (χ1) is 12.2. The largest absolute Gasteiger partial charge is 0.464 e. The molecule has 0 spiro atoms. The number of anilines is 1. The zero-order chi connectivity index (χ0) is 19.9. The molecule has 1 rings (SSSR count). The summed E-state index contributed by atoms with van der Waals surface area (Å²) in [6.07, 6.45) is -0.727. The summed E-state index contributed by atoms with van der Waals surface area (Å²) < 4.78 is 9.80. The Labute approximate surface area is 156 Å². The van der Waals surface area contributed by atoms with Gasteiger partial charge in [0, 0.05) is 12.5 Å². The van der Waals surface area contributed by atoms with Gasteiger partial charge in [0.2, 0.25) is 11.4 Å². The van der Waals surface area contributed by atoms with Crippen molar-refractivity contribution in [3.8, 4) is 0 Å². The standard InChI is InChI=1S/C17H21ClN2O6/c1-4-25-15(23)17(20-10(3)21,16(24)26-5-2)9-13(22)11-7-6-8-12(18)14(11)19/h6-8H,4-5,9,19H2,1-3H3,(H,20,21). The van der Waals surface area contributed by atoms with Gasteiger partial charge in [0.05, 0.1) is 30.3 Å². The molecule has 0 fully saturated rings. The summed E-state index contributed by atoms with van der Waals surface area (Å²) in [5.41, 5.74) is 3.50. The fourth-order valence-corrected chi connectivity index (χ4v) is 2.47. The Morgan fingerprint density at radius 1 is 1.12 bits per heavy atom. The maximum Gasteiger partial charge on any atom is 0.344 e. The smallest absolute Gasteiger partial charge is 0.344 e. The molecule has 3 N–H and O–H groups in total.